The number of carbonyl (C=O) groups is 2. The predicted octanol–water partition coefficient (Wildman–Crippen LogP) is -1.17. The molecule has 0 spiro atoms. The van der Waals surface area contributed by atoms with Crippen molar-refractivity contribution < 1.29 is 14.7 Å². The fourth-order valence-electron chi connectivity index (χ4n) is 2.12. The predicted molar refractivity (Wildman–Crippen MR) is 71.8 cm³/mol. The van der Waals surface area contributed by atoms with Crippen LogP contribution < -0.4 is 10.6 Å². The molecule has 0 aromatic heterocycles. The molecule has 0 saturated carbocycles. The zero-order valence-corrected chi connectivity index (χ0v) is 11.5. The van der Waals surface area contributed by atoms with Crippen molar-refractivity contribution in [1.29, 1.82) is 0 Å². The van der Waals surface area contributed by atoms with Crippen LogP contribution in [0.2, 0.25) is 0 Å². The molecule has 0 unspecified atom stereocenters. The van der Waals surface area contributed by atoms with E-state index in [1.54, 1.807) is 0 Å². The van der Waals surface area contributed by atoms with E-state index in [-0.39, 0.29) is 12.5 Å². The van der Waals surface area contributed by atoms with E-state index >= 15 is 0 Å². The number of nitrogens with zero attached hydrogens (tertiary/aromatic N) is 2. The molecule has 1 aliphatic rings. The number of imide groups is 1. The lowest BCUT2D eigenvalue weighted by Crippen LogP contribution is -2.39. The minimum Gasteiger partial charge on any atom is -0.395 e. The highest BCUT2D eigenvalue weighted by atomic mass is 16.3. The van der Waals surface area contributed by atoms with E-state index in [1.165, 1.54) is 7.05 Å². The Morgan fingerprint density at radius 3 is 2.32 bits per heavy atom. The van der Waals surface area contributed by atoms with Gasteiger partial charge in [-0.2, -0.15) is 0 Å². The molecule has 3 N–H and O–H groups in total. The number of hydrogen-bond acceptors (Lipinski definition) is 5. The first kappa shape index (κ1) is 15.9. The standard InChI is InChI=1S/C12H24N4O3/c1-13-12(19)14-11(18)3-6-15-4-2-5-16(8-7-15)9-10-17/h17H,2-10H2,1H3,(H2,13,14,18,19). The highest BCUT2D eigenvalue weighted by molar-refractivity contribution is 5.94. The molecule has 0 bridgehead atoms. The molecule has 1 rings (SSSR count). The Morgan fingerprint density at radius 1 is 1.11 bits per heavy atom. The van der Waals surface area contributed by atoms with Crippen molar-refractivity contribution in [2.24, 2.45) is 0 Å². The van der Waals surface area contributed by atoms with E-state index in [0.29, 0.717) is 19.5 Å². The highest BCUT2D eigenvalue weighted by Crippen LogP contribution is 2.03. The van der Waals surface area contributed by atoms with Crippen molar-refractivity contribution >= 4 is 11.9 Å². The maximum absolute atomic E-state index is 11.5. The van der Waals surface area contributed by atoms with Gasteiger partial charge in [0.05, 0.1) is 6.61 Å². The molecular weight excluding hydrogens is 248 g/mol. The molecule has 1 saturated heterocycles. The quantitative estimate of drug-likeness (QED) is 0.587. The van der Waals surface area contributed by atoms with Crippen LogP contribution in [0.3, 0.4) is 0 Å². The third-order valence-electron chi connectivity index (χ3n) is 3.23. The van der Waals surface area contributed by atoms with E-state index in [0.717, 1.165) is 32.6 Å². The van der Waals surface area contributed by atoms with Gasteiger partial charge in [0.1, 0.15) is 0 Å². The van der Waals surface area contributed by atoms with Gasteiger partial charge in [0, 0.05) is 39.6 Å². The van der Waals surface area contributed by atoms with Gasteiger partial charge in [0.2, 0.25) is 5.91 Å². The van der Waals surface area contributed by atoms with Crippen LogP contribution in [0.4, 0.5) is 4.79 Å². The second-order valence-corrected chi connectivity index (χ2v) is 4.64. The van der Waals surface area contributed by atoms with Gasteiger partial charge in [-0.05, 0) is 19.5 Å². The minimum absolute atomic E-state index is 0.189. The lowest BCUT2D eigenvalue weighted by molar-refractivity contribution is -0.120. The summed E-state index contributed by atoms with van der Waals surface area (Å²) in [5.74, 6) is -0.254. The molecule has 1 fully saturated rings. The molecule has 1 heterocycles. The van der Waals surface area contributed by atoms with Crippen molar-refractivity contribution in [1.82, 2.24) is 20.4 Å². The van der Waals surface area contributed by atoms with Crippen LogP contribution >= 0.6 is 0 Å². The third kappa shape index (κ3) is 6.51. The zero-order valence-electron chi connectivity index (χ0n) is 11.5. The van der Waals surface area contributed by atoms with Gasteiger partial charge in [-0.3, -0.25) is 15.0 Å². The van der Waals surface area contributed by atoms with Gasteiger partial charge in [-0.1, -0.05) is 0 Å². The summed E-state index contributed by atoms with van der Waals surface area (Å²) in [5, 5.41) is 13.5. The van der Waals surface area contributed by atoms with Gasteiger partial charge in [-0.15, -0.1) is 0 Å². The van der Waals surface area contributed by atoms with Gasteiger partial charge in [0.25, 0.3) is 0 Å². The number of β-amino-alcohol motifs (C(OH)–C–C–N with tert-alkyl or cyclic N) is 1. The number of aliphatic hydroxyl groups is 1. The Balaban J connectivity index is 2.22. The molecule has 19 heavy (non-hydrogen) atoms. The monoisotopic (exact) mass is 272 g/mol. The number of carbonyl (C=O) groups excluding carboxylic acids is 2. The molecule has 7 nitrogen and oxygen atoms in total. The van der Waals surface area contributed by atoms with Gasteiger partial charge >= 0.3 is 6.03 Å². The van der Waals surface area contributed by atoms with Gasteiger partial charge in [-0.25, -0.2) is 4.79 Å². The third-order valence-corrected chi connectivity index (χ3v) is 3.23. The Hall–Kier alpha value is -1.18. The SMILES string of the molecule is CNC(=O)NC(=O)CCN1CCCN(CCO)CC1. The second kappa shape index (κ2) is 8.84. The fraction of sp³-hybridized carbons (Fsp3) is 0.833. The van der Waals surface area contributed by atoms with Gasteiger partial charge in [0.15, 0.2) is 0 Å². The summed E-state index contributed by atoms with van der Waals surface area (Å²) >= 11 is 0. The number of hydrogen-bond donors (Lipinski definition) is 3. The Kier molecular flexibility index (Phi) is 7.39. The summed E-state index contributed by atoms with van der Waals surface area (Å²) in [4.78, 5) is 26.9. The molecule has 110 valence electrons. The van der Waals surface area contributed by atoms with Crippen LogP contribution in [-0.2, 0) is 4.79 Å². The summed E-state index contributed by atoms with van der Waals surface area (Å²) < 4.78 is 0. The van der Waals surface area contributed by atoms with Crippen molar-refractivity contribution in [3.8, 4) is 0 Å². The average molecular weight is 272 g/mol. The molecule has 0 aromatic carbocycles. The van der Waals surface area contributed by atoms with E-state index in [1.807, 2.05) is 0 Å². The van der Waals surface area contributed by atoms with Crippen molar-refractivity contribution in [2.75, 3.05) is 52.9 Å². The molecule has 3 amide bonds. The lowest BCUT2D eigenvalue weighted by Gasteiger charge is -2.20. The first-order valence-corrected chi connectivity index (χ1v) is 6.73. The van der Waals surface area contributed by atoms with Gasteiger partial charge < -0.3 is 15.3 Å². The topological polar surface area (TPSA) is 84.9 Å². The van der Waals surface area contributed by atoms with Crippen LogP contribution in [-0.4, -0.2) is 79.8 Å². The Labute approximate surface area is 113 Å². The Bertz CT molecular complexity index is 299. The number of nitrogens with one attached hydrogen (secondary N) is 2. The summed E-state index contributed by atoms with van der Waals surface area (Å²) in [6.45, 7) is 5.32. The molecule has 7 heteroatoms. The molecule has 0 aliphatic carbocycles. The van der Waals surface area contributed by atoms with Crippen LogP contribution in [0, 0.1) is 0 Å². The average Bonchev–Trinajstić information content (AvgIpc) is 2.62. The minimum atomic E-state index is -0.463. The summed E-state index contributed by atoms with van der Waals surface area (Å²) in [7, 11) is 1.48. The molecular formula is C12H24N4O3. The fourth-order valence-corrected chi connectivity index (χ4v) is 2.12. The van der Waals surface area contributed by atoms with E-state index in [4.69, 9.17) is 5.11 Å². The van der Waals surface area contributed by atoms with Crippen LogP contribution in [0.5, 0.6) is 0 Å². The van der Waals surface area contributed by atoms with Crippen LogP contribution in [0.1, 0.15) is 12.8 Å². The normalized spacial score (nSPS) is 17.8. The van der Waals surface area contributed by atoms with E-state index < -0.39 is 6.03 Å². The molecule has 1 aliphatic heterocycles. The van der Waals surface area contributed by atoms with Crippen molar-refractivity contribution in [3.63, 3.8) is 0 Å². The summed E-state index contributed by atoms with van der Waals surface area (Å²) in [6, 6.07) is -0.463. The first-order valence-electron chi connectivity index (χ1n) is 6.73. The number of rotatable bonds is 5. The Morgan fingerprint density at radius 2 is 1.74 bits per heavy atom. The zero-order chi connectivity index (χ0) is 14.1. The van der Waals surface area contributed by atoms with Crippen LogP contribution in [0.15, 0.2) is 0 Å². The molecule has 0 aromatic rings. The summed E-state index contributed by atoms with van der Waals surface area (Å²) in [5.41, 5.74) is 0. The number of aliphatic hydroxyl groups excluding tert-OH is 1. The lowest BCUT2D eigenvalue weighted by atomic mass is 10.3. The second-order valence-electron chi connectivity index (χ2n) is 4.64. The van der Waals surface area contributed by atoms with E-state index in [2.05, 4.69) is 20.4 Å². The smallest absolute Gasteiger partial charge is 0.321 e. The largest absolute Gasteiger partial charge is 0.395 e. The number of amides is 3. The first-order chi connectivity index (χ1) is 9.15. The molecule has 0 atom stereocenters. The van der Waals surface area contributed by atoms with Crippen molar-refractivity contribution in [2.45, 2.75) is 12.8 Å². The highest BCUT2D eigenvalue weighted by Gasteiger charge is 2.15. The summed E-state index contributed by atoms with van der Waals surface area (Å²) in [6.07, 6.45) is 1.37. The van der Waals surface area contributed by atoms with E-state index in [9.17, 15) is 9.59 Å². The number of urea groups is 1. The maximum atomic E-state index is 11.5. The maximum Gasteiger partial charge on any atom is 0.321 e. The van der Waals surface area contributed by atoms with Crippen LogP contribution in [0.25, 0.3) is 0 Å². The van der Waals surface area contributed by atoms with Crippen molar-refractivity contribution in [3.05, 3.63) is 0 Å². The molecule has 0 radical (unpaired) electrons.